The minimum absolute atomic E-state index is 0.0745. The number of benzene rings is 7. The van der Waals surface area contributed by atoms with Gasteiger partial charge in [-0.05, 0) is 97.3 Å². The van der Waals surface area contributed by atoms with Crippen LogP contribution in [0.25, 0.3) is 53.6 Å². The summed E-state index contributed by atoms with van der Waals surface area (Å²) in [6, 6.07) is 56.9. The highest BCUT2D eigenvalue weighted by atomic mass is 32.1. The molecule has 50 heavy (non-hydrogen) atoms. The van der Waals surface area contributed by atoms with Gasteiger partial charge in [-0.2, -0.15) is 0 Å². The molecule has 0 fully saturated rings. The zero-order valence-corrected chi connectivity index (χ0v) is 30.6. The average molecular weight is 676 g/mol. The maximum atomic E-state index is 2.54. The first kappa shape index (κ1) is 29.7. The number of anilines is 3. The van der Waals surface area contributed by atoms with Crippen LogP contribution < -0.4 is 15.3 Å². The van der Waals surface area contributed by atoms with Gasteiger partial charge in [0.1, 0.15) is 8.07 Å². The van der Waals surface area contributed by atoms with Crippen molar-refractivity contribution < 1.29 is 0 Å². The molecule has 1 nitrogen and oxygen atoms in total. The Morgan fingerprint density at radius 3 is 1.96 bits per heavy atom. The fraction of sp³-hybridized carbons (Fsp3) is 0.106. The Labute approximate surface area is 299 Å². The van der Waals surface area contributed by atoms with Gasteiger partial charge >= 0.3 is 0 Å². The van der Waals surface area contributed by atoms with E-state index in [0.29, 0.717) is 0 Å². The Morgan fingerprint density at radius 2 is 1.14 bits per heavy atom. The van der Waals surface area contributed by atoms with Gasteiger partial charge in [0.2, 0.25) is 0 Å². The van der Waals surface area contributed by atoms with E-state index in [1.54, 1.807) is 5.19 Å². The highest BCUT2D eigenvalue weighted by Gasteiger charge is 2.40. The quantitative estimate of drug-likeness (QED) is 0.168. The van der Waals surface area contributed by atoms with E-state index < -0.39 is 8.07 Å². The van der Waals surface area contributed by atoms with Gasteiger partial charge in [-0.15, -0.1) is 11.3 Å². The predicted molar refractivity (Wildman–Crippen MR) is 219 cm³/mol. The maximum Gasteiger partial charge on any atom is 0.114 e. The number of fused-ring (bicyclic) bond motifs is 10. The van der Waals surface area contributed by atoms with Crippen molar-refractivity contribution in [3.05, 3.63) is 163 Å². The summed E-state index contributed by atoms with van der Waals surface area (Å²) in [4.78, 5) is 2.48. The van der Waals surface area contributed by atoms with Crippen molar-refractivity contribution in [3.63, 3.8) is 0 Å². The Morgan fingerprint density at radius 1 is 0.500 bits per heavy atom. The smallest absolute Gasteiger partial charge is 0.114 e. The molecule has 0 saturated heterocycles. The molecule has 0 spiro atoms. The molecule has 2 heterocycles. The summed E-state index contributed by atoms with van der Waals surface area (Å²) in [5, 5.41) is 5.83. The Hall–Kier alpha value is -5.22. The zero-order valence-electron chi connectivity index (χ0n) is 28.8. The van der Waals surface area contributed by atoms with Crippen molar-refractivity contribution in [2.24, 2.45) is 0 Å². The molecule has 1 aromatic heterocycles. The highest BCUT2D eigenvalue weighted by Crippen LogP contribution is 2.51. The second-order valence-corrected chi connectivity index (χ2v) is 20.3. The van der Waals surface area contributed by atoms with Gasteiger partial charge in [-0.1, -0.05) is 136 Å². The summed E-state index contributed by atoms with van der Waals surface area (Å²) in [5.74, 6) is 0. The largest absolute Gasteiger partial charge is 0.310 e. The Balaban J connectivity index is 1.16. The first-order valence-corrected chi connectivity index (χ1v) is 21.4. The molecule has 8 aromatic rings. The Bertz CT molecular complexity index is 2650. The zero-order chi connectivity index (χ0) is 33.8. The summed E-state index contributed by atoms with van der Waals surface area (Å²) in [7, 11) is -1.98. The van der Waals surface area contributed by atoms with Gasteiger partial charge in [-0.25, -0.2) is 0 Å². The molecule has 0 bridgehead atoms. The second-order valence-electron chi connectivity index (χ2n) is 15.0. The minimum atomic E-state index is -1.98. The lowest BCUT2D eigenvalue weighted by Gasteiger charge is -2.29. The minimum Gasteiger partial charge on any atom is -0.310 e. The molecule has 240 valence electrons. The third-order valence-electron chi connectivity index (χ3n) is 11.5. The summed E-state index contributed by atoms with van der Waals surface area (Å²) in [6.45, 7) is 9.81. The summed E-state index contributed by atoms with van der Waals surface area (Å²) in [6.07, 6.45) is 0. The van der Waals surface area contributed by atoms with Crippen molar-refractivity contribution in [1.29, 1.82) is 0 Å². The number of nitrogens with zero attached hydrogens (tertiary/aromatic N) is 1. The second kappa shape index (κ2) is 10.6. The van der Waals surface area contributed by atoms with Crippen molar-refractivity contribution in [1.82, 2.24) is 0 Å². The van der Waals surface area contributed by atoms with Crippen molar-refractivity contribution in [3.8, 4) is 33.4 Å². The third-order valence-corrected chi connectivity index (χ3v) is 16.2. The number of rotatable bonds is 4. The van der Waals surface area contributed by atoms with Gasteiger partial charge in [0.15, 0.2) is 0 Å². The molecule has 3 heteroatoms. The van der Waals surface area contributed by atoms with Crippen LogP contribution in [-0.2, 0) is 5.41 Å². The first-order valence-electron chi connectivity index (χ1n) is 17.6. The fourth-order valence-corrected chi connectivity index (χ4v) is 13.3. The fourth-order valence-electron chi connectivity index (χ4n) is 8.84. The van der Waals surface area contributed by atoms with E-state index in [9.17, 15) is 0 Å². The van der Waals surface area contributed by atoms with Crippen molar-refractivity contribution in [2.75, 3.05) is 4.90 Å². The molecule has 10 rings (SSSR count). The topological polar surface area (TPSA) is 3.24 Å². The normalized spacial score (nSPS) is 14.7. The van der Waals surface area contributed by atoms with Gasteiger partial charge < -0.3 is 4.90 Å². The molecule has 7 aromatic carbocycles. The molecule has 0 radical (unpaired) electrons. The van der Waals surface area contributed by atoms with Crippen molar-refractivity contribution >= 4 is 67.0 Å². The lowest BCUT2D eigenvalue weighted by molar-refractivity contribution is 0.660. The third kappa shape index (κ3) is 4.17. The molecule has 0 N–H and O–H groups in total. The van der Waals surface area contributed by atoms with E-state index >= 15 is 0 Å². The molecular weight excluding hydrogens is 639 g/mol. The summed E-state index contributed by atoms with van der Waals surface area (Å²) >= 11 is 1.95. The van der Waals surface area contributed by atoms with Crippen LogP contribution in [0.15, 0.2) is 152 Å². The lowest BCUT2D eigenvalue weighted by atomic mass is 9.82. The van der Waals surface area contributed by atoms with E-state index in [2.05, 4.69) is 184 Å². The lowest BCUT2D eigenvalue weighted by Crippen LogP contribution is -2.49. The number of hydrogen-bond acceptors (Lipinski definition) is 2. The van der Waals surface area contributed by atoms with Crippen LogP contribution in [0.1, 0.15) is 25.0 Å². The molecule has 0 atom stereocenters. The van der Waals surface area contributed by atoms with Gasteiger partial charge in [0, 0.05) is 42.6 Å². The monoisotopic (exact) mass is 675 g/mol. The molecule has 1 aliphatic carbocycles. The molecule has 0 saturated carbocycles. The molecule has 1 aliphatic heterocycles. The number of hydrogen-bond donors (Lipinski definition) is 0. The standard InChI is InChI=1S/C47H37NSSi/c1-47(2)40-16-10-8-14-35(40)36-24-22-33(28-41(36)47)48(32-20-18-31(19-21-32)30-12-6-5-7-13-30)34-23-25-39-44(29-34)50(3,4)43-27-26-38-37-15-9-11-17-42(37)49-46(38)45(39)43/h5-29H,1-4H3. The van der Waals surface area contributed by atoms with E-state index in [0.717, 1.165) is 0 Å². The predicted octanol–water partition coefficient (Wildman–Crippen LogP) is 12.3. The number of thiophene rings is 1. The summed E-state index contributed by atoms with van der Waals surface area (Å²) in [5.41, 5.74) is 14.3. The average Bonchev–Trinajstić information content (AvgIpc) is 3.72. The first-order chi connectivity index (χ1) is 24.3. The van der Waals surface area contributed by atoms with Gasteiger partial charge in [0.25, 0.3) is 0 Å². The van der Waals surface area contributed by atoms with E-state index in [1.807, 2.05) is 11.3 Å². The van der Waals surface area contributed by atoms with Gasteiger partial charge in [0.05, 0.1) is 0 Å². The SMILES string of the molecule is CC1(C)c2ccccc2-c2ccc(N(c3ccc(-c4ccccc4)cc3)c3ccc4c(c3)[Si](C)(C)c3ccc5c(sc6ccccc65)c3-4)cc21. The highest BCUT2D eigenvalue weighted by molar-refractivity contribution is 7.26. The van der Waals surface area contributed by atoms with Crippen LogP contribution in [0, 0.1) is 0 Å². The molecule has 0 amide bonds. The van der Waals surface area contributed by atoms with E-state index in [1.165, 1.54) is 86.9 Å². The van der Waals surface area contributed by atoms with E-state index in [4.69, 9.17) is 0 Å². The van der Waals surface area contributed by atoms with Crippen LogP contribution in [0.2, 0.25) is 13.1 Å². The van der Waals surface area contributed by atoms with Crippen LogP contribution in [0.3, 0.4) is 0 Å². The van der Waals surface area contributed by atoms with Gasteiger partial charge in [-0.3, -0.25) is 0 Å². The maximum absolute atomic E-state index is 2.54. The Kier molecular flexibility index (Phi) is 6.31. The van der Waals surface area contributed by atoms with Crippen LogP contribution >= 0.6 is 11.3 Å². The van der Waals surface area contributed by atoms with Crippen LogP contribution in [0.5, 0.6) is 0 Å². The van der Waals surface area contributed by atoms with Crippen LogP contribution in [0.4, 0.5) is 17.1 Å². The molecular formula is C47H37NSSi. The molecule has 0 unspecified atom stereocenters. The molecule has 2 aliphatic rings. The summed E-state index contributed by atoms with van der Waals surface area (Å²) < 4.78 is 2.80. The van der Waals surface area contributed by atoms with Crippen LogP contribution in [-0.4, -0.2) is 8.07 Å². The van der Waals surface area contributed by atoms with Crippen molar-refractivity contribution in [2.45, 2.75) is 32.4 Å². The van der Waals surface area contributed by atoms with E-state index in [-0.39, 0.29) is 5.41 Å².